The van der Waals surface area contributed by atoms with Crippen molar-refractivity contribution in [2.75, 3.05) is 55.7 Å². The van der Waals surface area contributed by atoms with Gasteiger partial charge in [0.15, 0.2) is 0 Å². The average Bonchev–Trinajstić information content (AvgIpc) is 3.20. The van der Waals surface area contributed by atoms with Crippen LogP contribution in [0.2, 0.25) is 0 Å². The molecule has 0 unspecified atom stereocenters. The number of piperazine rings is 1. The topological polar surface area (TPSA) is 81.8 Å². The molecule has 1 aromatic heterocycles. The van der Waals surface area contributed by atoms with Crippen molar-refractivity contribution in [2.24, 2.45) is 0 Å². The average molecular weight is 552 g/mol. The van der Waals surface area contributed by atoms with E-state index in [1.54, 1.807) is 16.4 Å². The van der Waals surface area contributed by atoms with Gasteiger partial charge in [0.05, 0.1) is 4.91 Å². The van der Waals surface area contributed by atoms with Gasteiger partial charge in [-0.25, -0.2) is 0 Å². The van der Waals surface area contributed by atoms with Gasteiger partial charge >= 0.3 is 0 Å². The first kappa shape index (κ1) is 27.9. The summed E-state index contributed by atoms with van der Waals surface area (Å²) in [5.41, 5.74) is 2.30. The fourth-order valence-corrected chi connectivity index (χ4v) is 6.18. The number of anilines is 2. The summed E-state index contributed by atoms with van der Waals surface area (Å²) in [6.07, 6.45) is 2.52. The molecule has 3 heterocycles. The molecule has 0 N–H and O–H groups in total. The monoisotopic (exact) mass is 551 g/mol. The van der Waals surface area contributed by atoms with Crippen LogP contribution in [0, 0.1) is 18.3 Å². The first-order chi connectivity index (χ1) is 18.4. The molecular weight excluding hydrogens is 518 g/mol. The van der Waals surface area contributed by atoms with E-state index in [9.17, 15) is 14.9 Å². The molecule has 1 amide bonds. The van der Waals surface area contributed by atoms with Gasteiger partial charge in [0.25, 0.3) is 11.5 Å². The summed E-state index contributed by atoms with van der Waals surface area (Å²) in [7, 11) is 0. The molecule has 1 aromatic carbocycles. The minimum absolute atomic E-state index is 0.108. The van der Waals surface area contributed by atoms with Crippen LogP contribution in [0.25, 0.3) is 6.08 Å². The normalized spacial score (nSPS) is 17.0. The van der Waals surface area contributed by atoms with Gasteiger partial charge < -0.3 is 14.5 Å². The molecule has 2 aliphatic rings. The van der Waals surface area contributed by atoms with Gasteiger partial charge in [0, 0.05) is 63.7 Å². The van der Waals surface area contributed by atoms with E-state index in [0.717, 1.165) is 24.5 Å². The summed E-state index contributed by atoms with van der Waals surface area (Å²) in [5.74, 6) is 0.604. The van der Waals surface area contributed by atoms with Gasteiger partial charge in [-0.05, 0) is 51.0 Å². The lowest BCUT2D eigenvalue weighted by atomic mass is 10.0. The zero-order chi connectivity index (χ0) is 27.2. The van der Waals surface area contributed by atoms with Gasteiger partial charge in [-0.2, -0.15) is 5.26 Å². The molecule has 2 aliphatic heterocycles. The Labute approximate surface area is 233 Å². The Morgan fingerprint density at radius 2 is 1.79 bits per heavy atom. The number of carbonyl (C=O) groups excluding carboxylic acids is 1. The largest absolute Gasteiger partial charge is 0.382 e. The Kier molecular flexibility index (Phi) is 9.26. The van der Waals surface area contributed by atoms with Crippen LogP contribution in [0.1, 0.15) is 37.0 Å². The van der Waals surface area contributed by atoms with E-state index < -0.39 is 0 Å². The number of aromatic nitrogens is 1. The van der Waals surface area contributed by atoms with Crippen LogP contribution in [-0.4, -0.2) is 65.6 Å². The first-order valence-electron chi connectivity index (χ1n) is 13.0. The van der Waals surface area contributed by atoms with E-state index in [-0.39, 0.29) is 17.0 Å². The molecule has 2 aromatic rings. The van der Waals surface area contributed by atoms with E-state index in [0.29, 0.717) is 60.6 Å². The summed E-state index contributed by atoms with van der Waals surface area (Å²) in [6, 6.07) is 12.4. The number of ether oxygens (including phenoxy) is 1. The molecule has 0 atom stereocenters. The lowest BCUT2D eigenvalue weighted by Gasteiger charge is -2.39. The van der Waals surface area contributed by atoms with Crippen LogP contribution in [0.15, 0.2) is 40.0 Å². The maximum Gasteiger partial charge on any atom is 0.270 e. The second-order valence-corrected chi connectivity index (χ2v) is 10.8. The maximum atomic E-state index is 13.3. The molecule has 0 bridgehead atoms. The van der Waals surface area contributed by atoms with Crippen LogP contribution >= 0.6 is 24.0 Å². The number of nitriles is 1. The number of hydrogen-bond donors (Lipinski definition) is 0. The molecule has 38 heavy (non-hydrogen) atoms. The predicted molar refractivity (Wildman–Crippen MR) is 158 cm³/mol. The minimum atomic E-state index is -0.298. The molecule has 4 rings (SSSR count). The Balaban J connectivity index is 1.69. The minimum Gasteiger partial charge on any atom is -0.382 e. The van der Waals surface area contributed by atoms with Gasteiger partial charge in [0.1, 0.15) is 21.8 Å². The number of nitrogens with zero attached hydrogens (tertiary/aromatic N) is 5. The Bertz CT molecular complexity index is 1320. The number of thioether (sulfide) groups is 1. The number of pyridine rings is 1. The number of para-hydroxylation sites is 1. The maximum absolute atomic E-state index is 13.3. The molecule has 0 aliphatic carbocycles. The Morgan fingerprint density at radius 3 is 2.42 bits per heavy atom. The molecule has 10 heteroatoms. The molecule has 2 fully saturated rings. The number of benzene rings is 1. The molecular formula is C28H33N5O3S2. The lowest BCUT2D eigenvalue weighted by Crippen LogP contribution is -2.48. The van der Waals surface area contributed by atoms with E-state index in [4.69, 9.17) is 17.0 Å². The van der Waals surface area contributed by atoms with Crippen LogP contribution in [-0.2, 0) is 16.1 Å². The van der Waals surface area contributed by atoms with Crippen molar-refractivity contribution in [3.63, 3.8) is 0 Å². The number of amides is 1. The standard InChI is InChI=1S/C28H33N5O3S2/c1-4-32-25(31-15-13-30(14-16-31)21-10-7-6-8-11-21)22(20(3)23(19-29)26(32)34)18-24-27(35)33(28(37)38-24)12-9-17-36-5-2/h6-8,10-11,18H,4-5,9,12-17H2,1-3H3/b24-18-. The quantitative estimate of drug-likeness (QED) is 0.263. The first-order valence-corrected chi connectivity index (χ1v) is 14.2. The van der Waals surface area contributed by atoms with Crippen molar-refractivity contribution in [1.82, 2.24) is 9.47 Å². The molecule has 200 valence electrons. The summed E-state index contributed by atoms with van der Waals surface area (Å²) in [6.45, 7) is 10.7. The van der Waals surface area contributed by atoms with Gasteiger partial charge in [-0.15, -0.1) is 0 Å². The van der Waals surface area contributed by atoms with Crippen LogP contribution < -0.4 is 15.4 Å². The Morgan fingerprint density at radius 1 is 1.11 bits per heavy atom. The van der Waals surface area contributed by atoms with Gasteiger partial charge in [-0.3, -0.25) is 19.1 Å². The second-order valence-electron chi connectivity index (χ2n) is 9.09. The van der Waals surface area contributed by atoms with Gasteiger partial charge in [0.2, 0.25) is 0 Å². The highest BCUT2D eigenvalue weighted by Gasteiger charge is 2.33. The molecule has 0 radical (unpaired) electrons. The third-order valence-electron chi connectivity index (χ3n) is 6.89. The third kappa shape index (κ3) is 5.65. The highest BCUT2D eigenvalue weighted by molar-refractivity contribution is 8.26. The summed E-state index contributed by atoms with van der Waals surface area (Å²) < 4.78 is 7.59. The smallest absolute Gasteiger partial charge is 0.270 e. The number of thiocarbonyl (C=S) groups is 1. The number of hydrogen-bond acceptors (Lipinski definition) is 8. The van der Waals surface area contributed by atoms with Crippen molar-refractivity contribution in [2.45, 2.75) is 33.7 Å². The zero-order valence-electron chi connectivity index (χ0n) is 22.1. The molecule has 0 spiro atoms. The fourth-order valence-electron chi connectivity index (χ4n) is 4.89. The summed E-state index contributed by atoms with van der Waals surface area (Å²) in [4.78, 5) is 33.3. The van der Waals surface area contributed by atoms with Crippen molar-refractivity contribution >= 4 is 51.8 Å². The highest BCUT2D eigenvalue weighted by Crippen LogP contribution is 2.36. The third-order valence-corrected chi connectivity index (χ3v) is 8.26. The predicted octanol–water partition coefficient (Wildman–Crippen LogP) is 4.00. The second kappa shape index (κ2) is 12.6. The summed E-state index contributed by atoms with van der Waals surface area (Å²) in [5, 5.41) is 9.83. The van der Waals surface area contributed by atoms with E-state index in [1.807, 2.05) is 38.1 Å². The van der Waals surface area contributed by atoms with E-state index >= 15 is 0 Å². The van der Waals surface area contributed by atoms with E-state index in [2.05, 4.69) is 28.0 Å². The van der Waals surface area contributed by atoms with Crippen LogP contribution in [0.4, 0.5) is 11.5 Å². The number of carbonyl (C=O) groups is 1. The molecule has 0 saturated carbocycles. The lowest BCUT2D eigenvalue weighted by molar-refractivity contribution is -0.122. The van der Waals surface area contributed by atoms with Crippen LogP contribution in [0.3, 0.4) is 0 Å². The fraction of sp³-hybridized carbons (Fsp3) is 0.429. The number of rotatable bonds is 9. The van der Waals surface area contributed by atoms with Crippen molar-refractivity contribution in [1.29, 1.82) is 5.26 Å². The zero-order valence-corrected chi connectivity index (χ0v) is 23.7. The van der Waals surface area contributed by atoms with Crippen molar-refractivity contribution < 1.29 is 9.53 Å². The molecule has 2 saturated heterocycles. The highest BCUT2D eigenvalue weighted by atomic mass is 32.2. The summed E-state index contributed by atoms with van der Waals surface area (Å²) >= 11 is 6.78. The van der Waals surface area contributed by atoms with Crippen molar-refractivity contribution in [3.05, 3.63) is 62.3 Å². The van der Waals surface area contributed by atoms with E-state index in [1.165, 1.54) is 17.4 Å². The SMILES string of the molecule is CCOCCCN1C(=O)/C(=C/c2c(C)c(C#N)c(=O)n(CC)c2N2CCN(c3ccccc3)CC2)SC1=S. The van der Waals surface area contributed by atoms with Gasteiger partial charge in [-0.1, -0.05) is 42.2 Å². The Hall–Kier alpha value is -3.13. The van der Waals surface area contributed by atoms with Crippen LogP contribution in [0.5, 0.6) is 0 Å². The molecule has 8 nitrogen and oxygen atoms in total. The van der Waals surface area contributed by atoms with Crippen molar-refractivity contribution in [3.8, 4) is 6.07 Å².